The summed E-state index contributed by atoms with van der Waals surface area (Å²) in [6.07, 6.45) is 1.95. The maximum Gasteiger partial charge on any atom is 0.372 e. The van der Waals surface area contributed by atoms with Crippen molar-refractivity contribution < 1.29 is 19.4 Å². The molecule has 0 saturated carbocycles. The summed E-state index contributed by atoms with van der Waals surface area (Å²) in [6, 6.07) is 0. The van der Waals surface area contributed by atoms with Crippen molar-refractivity contribution in [1.29, 1.82) is 0 Å². The summed E-state index contributed by atoms with van der Waals surface area (Å²) in [5, 5.41) is 8.45. The van der Waals surface area contributed by atoms with E-state index in [1.165, 1.54) is 0 Å². The molecule has 0 unspecified atom stereocenters. The lowest BCUT2D eigenvalue weighted by Gasteiger charge is -2.08. The maximum atomic E-state index is 11.2. The Labute approximate surface area is 87.3 Å². The van der Waals surface area contributed by atoms with E-state index in [1.807, 2.05) is 0 Å². The molecule has 0 atom stereocenters. The minimum atomic E-state index is -0.481. The van der Waals surface area contributed by atoms with Gasteiger partial charge in [0.25, 0.3) is 0 Å². The fraction of sp³-hybridized carbons (Fsp3) is 0.667. The summed E-state index contributed by atoms with van der Waals surface area (Å²) in [6.45, 7) is 2.46. The van der Waals surface area contributed by atoms with Gasteiger partial charge in [-0.1, -0.05) is 19.0 Å². The Bertz CT molecular complexity index is 191. The Hall–Kier alpha value is -0.813. The largest absolute Gasteiger partial charge is 0.487 e. The van der Waals surface area contributed by atoms with Crippen molar-refractivity contribution in [3.05, 3.63) is 11.5 Å². The van der Waals surface area contributed by atoms with E-state index in [1.54, 1.807) is 5.70 Å². The molecular weight excluding hydrogens is 200 g/mol. The van der Waals surface area contributed by atoms with Gasteiger partial charge in [0.15, 0.2) is 5.76 Å². The van der Waals surface area contributed by atoms with Gasteiger partial charge in [-0.2, -0.15) is 0 Å². The summed E-state index contributed by atoms with van der Waals surface area (Å²) in [5.41, 5.74) is 1.70. The van der Waals surface area contributed by atoms with E-state index in [4.69, 9.17) is 14.6 Å². The van der Waals surface area contributed by atoms with E-state index < -0.39 is 5.97 Å². The fourth-order valence-corrected chi connectivity index (χ4v) is 1.20. The smallest absolute Gasteiger partial charge is 0.372 e. The molecule has 14 heavy (non-hydrogen) atoms. The van der Waals surface area contributed by atoms with Gasteiger partial charge in [0, 0.05) is 10.2 Å². The normalized spacial score (nSPS) is 11.4. The van der Waals surface area contributed by atoms with Crippen LogP contribution in [-0.4, -0.2) is 41.1 Å². The van der Waals surface area contributed by atoms with Crippen LogP contribution in [-0.2, 0) is 14.3 Å². The number of aliphatic hydroxyl groups excluding tert-OH is 1. The number of aliphatic hydroxyl groups is 1. The molecule has 0 aromatic heterocycles. The molecule has 0 aromatic carbocycles. The van der Waals surface area contributed by atoms with Gasteiger partial charge in [-0.15, -0.1) is 0 Å². The molecular formula is C9H18O4Si. The van der Waals surface area contributed by atoms with Crippen molar-refractivity contribution in [2.75, 3.05) is 19.8 Å². The third-order valence-corrected chi connectivity index (χ3v) is 2.07. The zero-order valence-electron chi connectivity index (χ0n) is 8.78. The van der Waals surface area contributed by atoms with E-state index in [9.17, 15) is 4.79 Å². The Morgan fingerprint density at radius 1 is 1.43 bits per heavy atom. The van der Waals surface area contributed by atoms with E-state index in [0.717, 1.165) is 23.1 Å². The maximum absolute atomic E-state index is 11.2. The van der Waals surface area contributed by atoms with Crippen molar-refractivity contribution in [3.63, 3.8) is 0 Å². The fourth-order valence-electron chi connectivity index (χ4n) is 0.796. The SMILES string of the molecule is CCCCOC(=C[SiH3])C(=O)OCCO. The summed E-state index contributed by atoms with van der Waals surface area (Å²) in [5.74, 6) is -0.205. The van der Waals surface area contributed by atoms with Gasteiger partial charge in [0.2, 0.25) is 0 Å². The quantitative estimate of drug-likeness (QED) is 0.207. The molecule has 0 spiro atoms. The number of unbranched alkanes of at least 4 members (excludes halogenated alkanes) is 1. The van der Waals surface area contributed by atoms with E-state index >= 15 is 0 Å². The lowest BCUT2D eigenvalue weighted by molar-refractivity contribution is -0.144. The molecule has 0 amide bonds. The monoisotopic (exact) mass is 218 g/mol. The topological polar surface area (TPSA) is 55.8 Å². The van der Waals surface area contributed by atoms with Gasteiger partial charge >= 0.3 is 5.97 Å². The van der Waals surface area contributed by atoms with Crippen LogP contribution in [0.5, 0.6) is 0 Å². The summed E-state index contributed by atoms with van der Waals surface area (Å²) >= 11 is 0. The number of carbonyl (C=O) groups is 1. The van der Waals surface area contributed by atoms with Crippen molar-refractivity contribution in [1.82, 2.24) is 0 Å². The van der Waals surface area contributed by atoms with Crippen LogP contribution in [0.15, 0.2) is 11.5 Å². The zero-order valence-corrected chi connectivity index (χ0v) is 10.8. The van der Waals surface area contributed by atoms with Crippen LogP contribution in [0.4, 0.5) is 0 Å². The van der Waals surface area contributed by atoms with Crippen LogP contribution in [0.25, 0.3) is 0 Å². The first-order chi connectivity index (χ1) is 6.76. The van der Waals surface area contributed by atoms with Crippen LogP contribution >= 0.6 is 0 Å². The Balaban J connectivity index is 3.82. The van der Waals surface area contributed by atoms with E-state index in [-0.39, 0.29) is 19.0 Å². The highest BCUT2D eigenvalue weighted by atomic mass is 28.1. The number of esters is 1. The first-order valence-electron chi connectivity index (χ1n) is 4.83. The highest BCUT2D eigenvalue weighted by Crippen LogP contribution is 2.01. The molecule has 4 nitrogen and oxygen atoms in total. The third kappa shape index (κ3) is 5.77. The molecule has 0 aliphatic rings. The molecule has 0 aliphatic carbocycles. The molecule has 0 aliphatic heterocycles. The summed E-state index contributed by atoms with van der Waals surface area (Å²) in [4.78, 5) is 11.2. The van der Waals surface area contributed by atoms with Crippen LogP contribution < -0.4 is 0 Å². The van der Waals surface area contributed by atoms with Gasteiger partial charge in [-0.3, -0.25) is 0 Å². The molecule has 0 heterocycles. The number of hydrogen-bond donors (Lipinski definition) is 1. The van der Waals surface area contributed by atoms with E-state index in [0.29, 0.717) is 6.61 Å². The first-order valence-corrected chi connectivity index (χ1v) is 5.98. The lowest BCUT2D eigenvalue weighted by Crippen LogP contribution is -2.13. The van der Waals surface area contributed by atoms with Crippen LogP contribution in [0.2, 0.25) is 0 Å². The number of ether oxygens (including phenoxy) is 2. The molecule has 0 fully saturated rings. The molecule has 5 heteroatoms. The zero-order chi connectivity index (χ0) is 10.8. The highest BCUT2D eigenvalue weighted by Gasteiger charge is 2.10. The van der Waals surface area contributed by atoms with Crippen molar-refractivity contribution in [3.8, 4) is 0 Å². The number of carbonyl (C=O) groups excluding carboxylic acids is 1. The Kier molecular flexibility index (Phi) is 8.26. The predicted molar refractivity (Wildman–Crippen MR) is 56.9 cm³/mol. The average Bonchev–Trinajstić information content (AvgIpc) is 2.21. The molecule has 1 N–H and O–H groups in total. The third-order valence-electron chi connectivity index (χ3n) is 1.54. The molecule has 0 rings (SSSR count). The highest BCUT2D eigenvalue weighted by molar-refractivity contribution is 6.19. The van der Waals surface area contributed by atoms with Crippen molar-refractivity contribution >= 4 is 16.2 Å². The van der Waals surface area contributed by atoms with Gasteiger partial charge in [-0.05, 0) is 6.42 Å². The van der Waals surface area contributed by atoms with E-state index in [2.05, 4.69) is 6.92 Å². The minimum Gasteiger partial charge on any atom is -0.487 e. The van der Waals surface area contributed by atoms with Gasteiger partial charge in [0.1, 0.15) is 6.61 Å². The standard InChI is InChI=1S/C9H18O4Si/c1-2-3-5-12-8(7-14)9(11)13-6-4-10/h7,10H,2-6H2,1,14H3. The van der Waals surface area contributed by atoms with Gasteiger partial charge in [0.05, 0.1) is 13.2 Å². The van der Waals surface area contributed by atoms with Gasteiger partial charge in [-0.25, -0.2) is 4.79 Å². The second kappa shape index (κ2) is 8.77. The molecule has 0 aromatic rings. The Morgan fingerprint density at radius 2 is 2.14 bits per heavy atom. The molecule has 0 saturated heterocycles. The number of hydrogen-bond acceptors (Lipinski definition) is 4. The van der Waals surface area contributed by atoms with Crippen LogP contribution in [0, 0.1) is 0 Å². The molecule has 82 valence electrons. The number of rotatable bonds is 7. The van der Waals surface area contributed by atoms with Crippen molar-refractivity contribution in [2.24, 2.45) is 0 Å². The van der Waals surface area contributed by atoms with Crippen molar-refractivity contribution in [2.45, 2.75) is 19.8 Å². The van der Waals surface area contributed by atoms with Crippen LogP contribution in [0.3, 0.4) is 0 Å². The average molecular weight is 218 g/mol. The summed E-state index contributed by atoms with van der Waals surface area (Å²) in [7, 11) is 0.747. The summed E-state index contributed by atoms with van der Waals surface area (Å²) < 4.78 is 9.95. The first kappa shape index (κ1) is 13.2. The lowest BCUT2D eigenvalue weighted by atomic mass is 10.4. The Morgan fingerprint density at radius 3 is 2.64 bits per heavy atom. The van der Waals surface area contributed by atoms with Crippen LogP contribution in [0.1, 0.15) is 19.8 Å². The predicted octanol–water partition coefficient (Wildman–Crippen LogP) is -0.455. The molecule has 0 bridgehead atoms. The minimum absolute atomic E-state index is 0.0227. The van der Waals surface area contributed by atoms with Gasteiger partial charge < -0.3 is 14.6 Å². The second-order valence-electron chi connectivity index (χ2n) is 2.71. The molecule has 0 radical (unpaired) electrons. The second-order valence-corrected chi connectivity index (χ2v) is 3.29.